The van der Waals surface area contributed by atoms with Crippen LogP contribution in [0.2, 0.25) is 0 Å². The van der Waals surface area contributed by atoms with E-state index in [0.29, 0.717) is 22.6 Å². The molecule has 0 bridgehead atoms. The number of hydrogen-bond donors (Lipinski definition) is 2. The van der Waals surface area contributed by atoms with Gasteiger partial charge in [0.25, 0.3) is 11.8 Å². The van der Waals surface area contributed by atoms with E-state index in [2.05, 4.69) is 10.6 Å². The zero-order chi connectivity index (χ0) is 28.4. The van der Waals surface area contributed by atoms with Gasteiger partial charge in [-0.05, 0) is 53.6 Å². The molecule has 1 heterocycles. The van der Waals surface area contributed by atoms with Gasteiger partial charge in [-0.25, -0.2) is 0 Å². The van der Waals surface area contributed by atoms with Crippen molar-refractivity contribution in [1.29, 1.82) is 0 Å². The van der Waals surface area contributed by atoms with Crippen LogP contribution in [-0.2, 0) is 4.79 Å². The van der Waals surface area contributed by atoms with Gasteiger partial charge in [0.2, 0.25) is 0 Å². The monoisotopic (exact) mass is 558 g/mol. The average molecular weight is 559 g/mol. The summed E-state index contributed by atoms with van der Waals surface area (Å²) in [6.07, 6.45) is 2.95. The van der Waals surface area contributed by atoms with Crippen molar-refractivity contribution >= 4 is 41.1 Å². The first kappa shape index (κ1) is 27.4. The summed E-state index contributed by atoms with van der Waals surface area (Å²) in [5.41, 5.74) is 3.77. The van der Waals surface area contributed by atoms with Crippen LogP contribution in [0.1, 0.15) is 26.5 Å². The Bertz CT molecular complexity index is 1660. The molecule has 0 atom stereocenters. The number of furan rings is 1. The molecule has 0 aliphatic rings. The highest BCUT2D eigenvalue weighted by molar-refractivity contribution is 8.00. The molecule has 41 heavy (non-hydrogen) atoms. The molecule has 0 aliphatic carbocycles. The Morgan fingerprint density at radius 2 is 1.41 bits per heavy atom. The highest BCUT2D eigenvalue weighted by Crippen LogP contribution is 2.24. The number of nitrogens with one attached hydrogen (secondary N) is 2. The molecule has 2 amide bonds. The zero-order valence-corrected chi connectivity index (χ0v) is 22.8. The maximum absolute atomic E-state index is 13.2. The molecular weight excluding hydrogens is 532 g/mol. The number of rotatable bonds is 10. The number of Topliss-reactive ketones (excluding diaryl/α,β-unsaturated/α-hetero) is 1. The Morgan fingerprint density at radius 1 is 0.707 bits per heavy atom. The summed E-state index contributed by atoms with van der Waals surface area (Å²) in [6.45, 7) is 0. The van der Waals surface area contributed by atoms with Crippen LogP contribution in [0.5, 0.6) is 0 Å². The second-order valence-corrected chi connectivity index (χ2v) is 10.1. The Labute approximate surface area is 242 Å². The van der Waals surface area contributed by atoms with Crippen LogP contribution in [-0.4, -0.2) is 23.4 Å². The lowest BCUT2D eigenvalue weighted by atomic mass is 10.0. The van der Waals surface area contributed by atoms with Gasteiger partial charge in [0, 0.05) is 27.8 Å². The highest BCUT2D eigenvalue weighted by Gasteiger charge is 2.16. The van der Waals surface area contributed by atoms with Gasteiger partial charge >= 0.3 is 0 Å². The first-order valence-electron chi connectivity index (χ1n) is 12.9. The highest BCUT2D eigenvalue weighted by atomic mass is 32.2. The summed E-state index contributed by atoms with van der Waals surface area (Å²) in [4.78, 5) is 39.6. The van der Waals surface area contributed by atoms with Gasteiger partial charge in [-0.3, -0.25) is 14.4 Å². The number of thioether (sulfide) groups is 1. The van der Waals surface area contributed by atoms with E-state index in [1.165, 1.54) is 24.1 Å². The minimum absolute atomic E-state index is 0.0105. The molecule has 7 heteroatoms. The Morgan fingerprint density at radius 3 is 2.12 bits per heavy atom. The van der Waals surface area contributed by atoms with Crippen LogP contribution in [0.3, 0.4) is 0 Å². The van der Waals surface area contributed by atoms with Gasteiger partial charge in [0.15, 0.2) is 5.78 Å². The van der Waals surface area contributed by atoms with Gasteiger partial charge in [-0.1, -0.05) is 78.9 Å². The van der Waals surface area contributed by atoms with Crippen molar-refractivity contribution in [3.8, 4) is 11.1 Å². The van der Waals surface area contributed by atoms with Crippen LogP contribution in [0.25, 0.3) is 17.2 Å². The molecule has 202 valence electrons. The van der Waals surface area contributed by atoms with E-state index in [1.807, 2.05) is 66.7 Å². The second-order valence-electron chi connectivity index (χ2n) is 9.03. The zero-order valence-electron chi connectivity index (χ0n) is 22.0. The van der Waals surface area contributed by atoms with Crippen molar-refractivity contribution in [2.45, 2.75) is 4.90 Å². The normalized spacial score (nSPS) is 11.1. The molecule has 0 spiro atoms. The first-order chi connectivity index (χ1) is 20.0. The molecule has 0 unspecified atom stereocenters. The first-order valence-corrected chi connectivity index (χ1v) is 13.9. The van der Waals surface area contributed by atoms with E-state index >= 15 is 0 Å². The number of amides is 2. The fourth-order valence-corrected chi connectivity index (χ4v) is 4.88. The molecule has 0 saturated heterocycles. The minimum atomic E-state index is -0.512. The van der Waals surface area contributed by atoms with Gasteiger partial charge in [-0.15, -0.1) is 11.8 Å². The number of carbonyl (C=O) groups is 3. The molecule has 4 aromatic carbocycles. The Hall–Kier alpha value is -5.14. The number of benzene rings is 4. The minimum Gasteiger partial charge on any atom is -0.465 e. The van der Waals surface area contributed by atoms with Gasteiger partial charge in [0.05, 0.1) is 12.0 Å². The molecule has 0 aliphatic heterocycles. The van der Waals surface area contributed by atoms with Gasteiger partial charge in [-0.2, -0.15) is 0 Å². The molecule has 1 aromatic heterocycles. The molecule has 2 N–H and O–H groups in total. The predicted octanol–water partition coefficient (Wildman–Crippen LogP) is 7.33. The third kappa shape index (κ3) is 7.50. The van der Waals surface area contributed by atoms with Crippen molar-refractivity contribution in [3.05, 3.63) is 150 Å². The fraction of sp³-hybridized carbons (Fsp3) is 0.0294. The van der Waals surface area contributed by atoms with E-state index in [9.17, 15) is 14.4 Å². The maximum Gasteiger partial charge on any atom is 0.272 e. The number of carbonyl (C=O) groups excluding carboxylic acids is 3. The van der Waals surface area contributed by atoms with E-state index in [4.69, 9.17) is 4.42 Å². The molecule has 0 fully saturated rings. The molecule has 0 saturated carbocycles. The largest absolute Gasteiger partial charge is 0.465 e. The van der Waals surface area contributed by atoms with Crippen molar-refractivity contribution in [3.63, 3.8) is 0 Å². The summed E-state index contributed by atoms with van der Waals surface area (Å²) in [7, 11) is 0. The second kappa shape index (κ2) is 13.3. The van der Waals surface area contributed by atoms with Crippen LogP contribution in [0.15, 0.2) is 143 Å². The number of ketones is 1. The quantitative estimate of drug-likeness (QED) is 0.106. The SMILES string of the molecule is O=C(Nc1cccc(SCC(=O)c2ccc(-c3ccccc3)cc2)c1)/C(=C/c1ccco1)NC(=O)c1ccccc1. The molecular formula is C34H26N2O4S. The van der Waals surface area contributed by atoms with E-state index in [-0.39, 0.29) is 17.2 Å². The third-order valence-electron chi connectivity index (χ3n) is 6.13. The molecule has 5 aromatic rings. The Kier molecular flexibility index (Phi) is 8.88. The molecule has 6 nitrogen and oxygen atoms in total. The van der Waals surface area contributed by atoms with Crippen LogP contribution in [0, 0.1) is 0 Å². The number of hydrogen-bond acceptors (Lipinski definition) is 5. The summed E-state index contributed by atoms with van der Waals surface area (Å²) in [5.74, 6) is -0.251. The lowest BCUT2D eigenvalue weighted by Gasteiger charge is -2.12. The summed E-state index contributed by atoms with van der Waals surface area (Å²) in [5, 5.41) is 5.51. The summed E-state index contributed by atoms with van der Waals surface area (Å²) < 4.78 is 5.35. The predicted molar refractivity (Wildman–Crippen MR) is 163 cm³/mol. The lowest BCUT2D eigenvalue weighted by Crippen LogP contribution is -2.30. The van der Waals surface area contributed by atoms with E-state index in [0.717, 1.165) is 16.0 Å². The topological polar surface area (TPSA) is 88.4 Å². The van der Waals surface area contributed by atoms with Gasteiger partial charge in [0.1, 0.15) is 11.5 Å². The van der Waals surface area contributed by atoms with Crippen molar-refractivity contribution < 1.29 is 18.8 Å². The number of anilines is 1. The third-order valence-corrected chi connectivity index (χ3v) is 7.13. The Balaban J connectivity index is 1.23. The average Bonchev–Trinajstić information content (AvgIpc) is 3.54. The fourth-order valence-electron chi connectivity index (χ4n) is 4.03. The van der Waals surface area contributed by atoms with Gasteiger partial charge < -0.3 is 15.1 Å². The molecule has 0 radical (unpaired) electrons. The maximum atomic E-state index is 13.2. The van der Waals surface area contributed by atoms with Crippen LogP contribution < -0.4 is 10.6 Å². The summed E-state index contributed by atoms with van der Waals surface area (Å²) in [6, 6.07) is 36.8. The standard InChI is InChI=1S/C34H26N2O4S/c37-32(26-18-16-25(17-19-26)24-9-3-1-4-10-24)23-41-30-15-7-13-28(21-30)35-34(39)31(22-29-14-8-20-40-29)36-33(38)27-11-5-2-6-12-27/h1-22H,23H2,(H,35,39)(H,36,38)/b31-22-. The summed E-state index contributed by atoms with van der Waals surface area (Å²) >= 11 is 1.39. The molecule has 5 rings (SSSR count). The lowest BCUT2D eigenvalue weighted by molar-refractivity contribution is -0.113. The smallest absolute Gasteiger partial charge is 0.272 e. The van der Waals surface area contributed by atoms with E-state index in [1.54, 1.807) is 54.6 Å². The van der Waals surface area contributed by atoms with E-state index < -0.39 is 11.8 Å². The van der Waals surface area contributed by atoms with Crippen molar-refractivity contribution in [1.82, 2.24) is 5.32 Å². The van der Waals surface area contributed by atoms with Crippen molar-refractivity contribution in [2.75, 3.05) is 11.1 Å². The van der Waals surface area contributed by atoms with Crippen LogP contribution >= 0.6 is 11.8 Å². The van der Waals surface area contributed by atoms with Crippen molar-refractivity contribution in [2.24, 2.45) is 0 Å². The van der Waals surface area contributed by atoms with Crippen LogP contribution in [0.4, 0.5) is 5.69 Å².